The summed E-state index contributed by atoms with van der Waals surface area (Å²) in [6.45, 7) is 1.42. The smallest absolute Gasteiger partial charge is 0.320 e. The molecule has 0 aromatic heterocycles. The van der Waals surface area contributed by atoms with Crippen molar-refractivity contribution in [3.63, 3.8) is 0 Å². The predicted octanol–water partition coefficient (Wildman–Crippen LogP) is -0.584. The van der Waals surface area contributed by atoms with Crippen LogP contribution in [0.3, 0.4) is 0 Å². The van der Waals surface area contributed by atoms with Gasteiger partial charge in [0.2, 0.25) is 0 Å². The van der Waals surface area contributed by atoms with Crippen molar-refractivity contribution in [3.05, 3.63) is 0 Å². The number of carbonyl (C=O) groups is 1. The summed E-state index contributed by atoms with van der Waals surface area (Å²) in [5.41, 5.74) is 4.84. The van der Waals surface area contributed by atoms with Crippen LogP contribution in [0.1, 0.15) is 6.92 Å². The van der Waals surface area contributed by atoms with Gasteiger partial charge < -0.3 is 10.8 Å². The van der Waals surface area contributed by atoms with Crippen LogP contribution in [0.5, 0.6) is 0 Å². The molecular weight excluding hydrogens is 190 g/mol. The first-order valence-electron chi connectivity index (χ1n) is 1.63. The van der Waals surface area contributed by atoms with Crippen LogP contribution in [0.25, 0.3) is 0 Å². The molecule has 47 valence electrons. The van der Waals surface area contributed by atoms with Gasteiger partial charge in [-0.25, -0.2) is 0 Å². The van der Waals surface area contributed by atoms with Crippen molar-refractivity contribution in [2.24, 2.45) is 5.73 Å². The molecule has 0 bridgehead atoms. The van der Waals surface area contributed by atoms with Crippen molar-refractivity contribution in [1.29, 1.82) is 0 Å². The van der Waals surface area contributed by atoms with Gasteiger partial charge in [-0.15, -0.1) is 0 Å². The summed E-state index contributed by atoms with van der Waals surface area (Å²) in [5.74, 6) is -0.963. The van der Waals surface area contributed by atoms with E-state index in [9.17, 15) is 4.79 Å². The number of carboxylic acid groups (broad SMARTS) is 1. The molecule has 0 aliphatic rings. The zero-order chi connectivity index (χ0) is 5.15. The van der Waals surface area contributed by atoms with Crippen molar-refractivity contribution >= 4 is 5.97 Å². The van der Waals surface area contributed by atoms with Crippen LogP contribution < -0.4 is 5.73 Å². The molecule has 0 saturated carbocycles. The van der Waals surface area contributed by atoms with Crippen LogP contribution >= 0.6 is 0 Å². The third-order valence-corrected chi connectivity index (χ3v) is 0.390. The number of hydrogen-bond donors (Lipinski definition) is 2. The number of aliphatic carboxylic acids is 1. The summed E-state index contributed by atoms with van der Waals surface area (Å²) in [4.78, 5) is 9.57. The van der Waals surface area contributed by atoms with Gasteiger partial charge in [-0.2, -0.15) is 0 Å². The molecule has 7 heavy (non-hydrogen) atoms. The van der Waals surface area contributed by atoms with Gasteiger partial charge >= 0.3 is 5.97 Å². The molecule has 0 rings (SSSR count). The molecule has 0 saturated heterocycles. The summed E-state index contributed by atoms with van der Waals surface area (Å²) in [5, 5.41) is 7.87. The Bertz CT molecular complexity index is 64.0. The zero-order valence-corrected chi connectivity index (χ0v) is 5.29. The first-order valence-corrected chi connectivity index (χ1v) is 1.63. The summed E-state index contributed by atoms with van der Waals surface area (Å²) in [7, 11) is 0. The average Bonchev–Trinajstić information content (AvgIpc) is 1.36. The number of nitrogens with two attached hydrogens (primary N) is 1. The van der Waals surface area contributed by atoms with Gasteiger partial charge in [0, 0.05) is 22.4 Å². The van der Waals surface area contributed by atoms with E-state index in [2.05, 4.69) is 0 Å². The Labute approximate surface area is 57.4 Å². The Balaban J connectivity index is 0. The first-order chi connectivity index (χ1) is 2.64. The standard InChI is InChI=1S/C3H7NO2.Ag/c1-2(4)3(5)6;/h2H,4H2,1H3,(H,5,6);/t2-;/m0./s1. The summed E-state index contributed by atoms with van der Waals surface area (Å²) in [6.07, 6.45) is 0. The van der Waals surface area contributed by atoms with Crippen LogP contribution in [0, 0.1) is 0 Å². The molecular formula is C3H7AgNO2. The molecule has 0 heterocycles. The normalized spacial score (nSPS) is 11.7. The molecule has 3 nitrogen and oxygen atoms in total. The minimum atomic E-state index is -0.963. The van der Waals surface area contributed by atoms with Gasteiger partial charge in [0.25, 0.3) is 0 Å². The maximum Gasteiger partial charge on any atom is 0.320 e. The number of hydrogen-bond acceptors (Lipinski definition) is 2. The molecule has 4 heteroatoms. The topological polar surface area (TPSA) is 63.3 Å². The maximum atomic E-state index is 9.57. The van der Waals surface area contributed by atoms with E-state index in [1.165, 1.54) is 6.92 Å². The van der Waals surface area contributed by atoms with E-state index in [0.29, 0.717) is 0 Å². The van der Waals surface area contributed by atoms with Crippen LogP contribution in [-0.4, -0.2) is 17.1 Å². The number of carboxylic acids is 1. The molecule has 0 unspecified atom stereocenters. The largest absolute Gasteiger partial charge is 0.480 e. The van der Waals surface area contributed by atoms with E-state index < -0.39 is 12.0 Å². The molecule has 0 aliphatic heterocycles. The molecule has 0 spiro atoms. The predicted molar refractivity (Wildman–Crippen MR) is 21.3 cm³/mol. The molecule has 3 N–H and O–H groups in total. The molecule has 1 radical (unpaired) electrons. The fraction of sp³-hybridized carbons (Fsp3) is 0.667. The fourth-order valence-electron chi connectivity index (χ4n) is 0. The SMILES string of the molecule is C[C@H](N)C(=O)O.[Ag]. The molecule has 0 amide bonds. The second-order valence-electron chi connectivity index (χ2n) is 1.13. The van der Waals surface area contributed by atoms with Crippen molar-refractivity contribution in [3.8, 4) is 0 Å². The van der Waals surface area contributed by atoms with Crippen molar-refractivity contribution in [2.75, 3.05) is 0 Å². The van der Waals surface area contributed by atoms with E-state index in [1.807, 2.05) is 0 Å². The van der Waals surface area contributed by atoms with E-state index in [1.54, 1.807) is 0 Å². The maximum absolute atomic E-state index is 9.57. The molecule has 0 aliphatic carbocycles. The van der Waals surface area contributed by atoms with Crippen LogP contribution in [0.4, 0.5) is 0 Å². The van der Waals surface area contributed by atoms with Gasteiger partial charge in [-0.3, -0.25) is 4.79 Å². The Kier molecular flexibility index (Phi) is 6.32. The molecule has 0 aromatic rings. The van der Waals surface area contributed by atoms with E-state index in [-0.39, 0.29) is 22.4 Å². The number of rotatable bonds is 1. The van der Waals surface area contributed by atoms with Crippen LogP contribution in [0.15, 0.2) is 0 Å². The summed E-state index contributed by atoms with van der Waals surface area (Å²) >= 11 is 0. The zero-order valence-electron chi connectivity index (χ0n) is 3.81. The molecule has 0 fully saturated rings. The van der Waals surface area contributed by atoms with Gasteiger partial charge in [0.1, 0.15) is 6.04 Å². The van der Waals surface area contributed by atoms with Crippen LogP contribution in [-0.2, 0) is 27.2 Å². The Morgan fingerprint density at radius 3 is 2.00 bits per heavy atom. The van der Waals surface area contributed by atoms with Gasteiger partial charge in [0.05, 0.1) is 0 Å². The van der Waals surface area contributed by atoms with E-state index >= 15 is 0 Å². The summed E-state index contributed by atoms with van der Waals surface area (Å²) in [6, 6.07) is -0.731. The minimum Gasteiger partial charge on any atom is -0.480 e. The third-order valence-electron chi connectivity index (χ3n) is 0.390. The third kappa shape index (κ3) is 6.17. The first kappa shape index (κ1) is 10.2. The van der Waals surface area contributed by atoms with Crippen molar-refractivity contribution in [2.45, 2.75) is 13.0 Å². The minimum absolute atomic E-state index is 0. The Hall–Kier alpha value is 0.170. The fourth-order valence-corrected chi connectivity index (χ4v) is 0. The van der Waals surface area contributed by atoms with Crippen LogP contribution in [0.2, 0.25) is 0 Å². The second-order valence-corrected chi connectivity index (χ2v) is 1.13. The van der Waals surface area contributed by atoms with Gasteiger partial charge in [0.15, 0.2) is 0 Å². The van der Waals surface area contributed by atoms with Crippen molar-refractivity contribution < 1.29 is 32.3 Å². The Morgan fingerprint density at radius 1 is 1.86 bits per heavy atom. The van der Waals surface area contributed by atoms with E-state index in [4.69, 9.17) is 10.8 Å². The Morgan fingerprint density at radius 2 is 2.00 bits per heavy atom. The van der Waals surface area contributed by atoms with Crippen molar-refractivity contribution in [1.82, 2.24) is 0 Å². The molecule has 0 aromatic carbocycles. The second kappa shape index (κ2) is 4.33. The van der Waals surface area contributed by atoms with E-state index in [0.717, 1.165) is 0 Å². The molecule has 1 atom stereocenters. The monoisotopic (exact) mass is 196 g/mol. The quantitative estimate of drug-likeness (QED) is 0.552. The van der Waals surface area contributed by atoms with Gasteiger partial charge in [-0.05, 0) is 6.92 Å². The van der Waals surface area contributed by atoms with Gasteiger partial charge in [-0.1, -0.05) is 0 Å². The summed E-state index contributed by atoms with van der Waals surface area (Å²) < 4.78 is 0. The average molecular weight is 197 g/mol.